The monoisotopic (exact) mass is 471 g/mol. The van der Waals surface area contributed by atoms with Gasteiger partial charge < -0.3 is 15.1 Å². The van der Waals surface area contributed by atoms with Crippen molar-refractivity contribution < 1.29 is 23.8 Å². The Hall–Kier alpha value is -2.67. The average Bonchev–Trinajstić information content (AvgIpc) is 3.50. The van der Waals surface area contributed by atoms with Crippen LogP contribution < -0.4 is 0 Å². The fraction of sp³-hybridized carbons (Fsp3) is 0.333. The Labute approximate surface area is 192 Å². The highest BCUT2D eigenvalue weighted by Gasteiger charge is 2.57. The first-order chi connectivity index (χ1) is 15.7. The quantitative estimate of drug-likeness (QED) is 0.572. The third kappa shape index (κ3) is 3.23. The van der Waals surface area contributed by atoms with Gasteiger partial charge in [0.15, 0.2) is 5.60 Å². The summed E-state index contributed by atoms with van der Waals surface area (Å²) in [4.78, 5) is 15.0. The zero-order valence-electron chi connectivity index (χ0n) is 18.0. The second-order valence-electron chi connectivity index (χ2n) is 8.71. The van der Waals surface area contributed by atoms with Gasteiger partial charge in [-0.3, -0.25) is 9.48 Å². The van der Waals surface area contributed by atoms with Gasteiger partial charge in [0.2, 0.25) is 0 Å². The molecule has 6 nitrogen and oxygen atoms in total. The summed E-state index contributed by atoms with van der Waals surface area (Å²) in [7, 11) is 3.20. The number of likely N-dealkylation sites (tertiary alicyclic amines) is 1. The van der Waals surface area contributed by atoms with Crippen molar-refractivity contribution in [1.82, 2.24) is 14.7 Å². The Morgan fingerprint density at radius 1 is 1.27 bits per heavy atom. The maximum Gasteiger partial charge on any atom is 0.295 e. The molecule has 2 unspecified atom stereocenters. The van der Waals surface area contributed by atoms with Gasteiger partial charge in [-0.15, -0.1) is 0 Å². The van der Waals surface area contributed by atoms with E-state index >= 15 is 8.78 Å². The predicted octanol–water partition coefficient (Wildman–Crippen LogP) is 3.37. The van der Waals surface area contributed by atoms with Gasteiger partial charge in [-0.05, 0) is 41.7 Å². The van der Waals surface area contributed by atoms with E-state index in [2.05, 4.69) is 5.10 Å². The molecule has 1 amide bonds. The second kappa shape index (κ2) is 7.69. The van der Waals surface area contributed by atoms with Crippen molar-refractivity contribution in [3.05, 3.63) is 65.5 Å². The van der Waals surface area contributed by atoms with Crippen LogP contribution in [-0.2, 0) is 12.6 Å². The first-order valence-electron chi connectivity index (χ1n) is 10.7. The number of hydrogen-bond donors (Lipinski definition) is 2. The number of carbonyl (C=O) groups excluding carboxylic acids is 1. The number of halogens is 2. The van der Waals surface area contributed by atoms with E-state index in [4.69, 9.17) is 0 Å². The van der Waals surface area contributed by atoms with Gasteiger partial charge in [0.05, 0.1) is 18.8 Å². The lowest BCUT2D eigenvalue weighted by molar-refractivity contribution is -0.0964. The molecule has 1 aliphatic carbocycles. The van der Waals surface area contributed by atoms with Gasteiger partial charge in [0.1, 0.15) is 0 Å². The maximum absolute atomic E-state index is 15.0. The van der Waals surface area contributed by atoms with Crippen molar-refractivity contribution in [3.63, 3.8) is 0 Å². The highest BCUT2D eigenvalue weighted by atomic mass is 31.0. The van der Waals surface area contributed by atoms with E-state index in [-0.39, 0.29) is 35.2 Å². The van der Waals surface area contributed by atoms with Crippen molar-refractivity contribution in [1.29, 1.82) is 0 Å². The summed E-state index contributed by atoms with van der Waals surface area (Å²) in [6.07, 6.45) is 4.79. The summed E-state index contributed by atoms with van der Waals surface area (Å²) in [5, 5.41) is 25.4. The van der Waals surface area contributed by atoms with Gasteiger partial charge in [-0.2, -0.15) is 13.9 Å². The average molecular weight is 471 g/mol. The molecule has 3 atom stereocenters. The van der Waals surface area contributed by atoms with Gasteiger partial charge in [-0.1, -0.05) is 33.5 Å². The molecule has 2 N–H and O–H groups in total. The molecule has 0 bridgehead atoms. The van der Waals surface area contributed by atoms with Crippen LogP contribution in [0.15, 0.2) is 48.8 Å². The van der Waals surface area contributed by atoms with Crippen molar-refractivity contribution in [2.45, 2.75) is 30.1 Å². The molecule has 1 saturated heterocycles. The maximum atomic E-state index is 15.0. The molecule has 172 valence electrons. The molecular formula is C24H24F2N3O3P. The van der Waals surface area contributed by atoms with Crippen LogP contribution in [0.4, 0.5) is 8.78 Å². The molecule has 2 aliphatic rings. The summed E-state index contributed by atoms with van der Waals surface area (Å²) in [5.74, 6) is -0.357. The first-order valence-corrected chi connectivity index (χ1v) is 11.3. The number of aryl methyl sites for hydroxylation is 1. The van der Waals surface area contributed by atoms with Crippen molar-refractivity contribution >= 4 is 15.1 Å². The molecule has 1 aliphatic heterocycles. The zero-order valence-corrected chi connectivity index (χ0v) is 19.2. The lowest BCUT2D eigenvalue weighted by Crippen LogP contribution is -2.41. The SMILES string of the molecule is Cn1cc(-c2cc(C(=O)N3CCC[C@@H]3CO)cc3c2-c2ccccc2C3(O)C(F)(F)P)cn1. The molecular weight excluding hydrogens is 447 g/mol. The normalized spacial score (nSPS) is 21.9. The zero-order chi connectivity index (χ0) is 23.5. The van der Waals surface area contributed by atoms with E-state index < -0.39 is 11.3 Å². The van der Waals surface area contributed by atoms with E-state index in [0.717, 1.165) is 6.42 Å². The minimum absolute atomic E-state index is 0.0202. The van der Waals surface area contributed by atoms with E-state index in [9.17, 15) is 15.0 Å². The van der Waals surface area contributed by atoms with E-state index in [1.54, 1.807) is 53.3 Å². The molecule has 33 heavy (non-hydrogen) atoms. The van der Waals surface area contributed by atoms with Crippen LogP contribution in [-0.4, -0.2) is 55.7 Å². The molecule has 1 aromatic heterocycles. The van der Waals surface area contributed by atoms with Gasteiger partial charge in [0, 0.05) is 42.0 Å². The number of rotatable bonds is 4. The molecule has 2 heterocycles. The van der Waals surface area contributed by atoms with Crippen LogP contribution in [0.2, 0.25) is 0 Å². The predicted molar refractivity (Wildman–Crippen MR) is 123 cm³/mol. The van der Waals surface area contributed by atoms with Crippen molar-refractivity contribution in [2.24, 2.45) is 7.05 Å². The number of carbonyl (C=O) groups is 1. The molecule has 0 saturated carbocycles. The number of alkyl halides is 2. The third-order valence-electron chi connectivity index (χ3n) is 6.71. The van der Waals surface area contributed by atoms with Gasteiger partial charge >= 0.3 is 0 Å². The molecule has 1 fully saturated rings. The largest absolute Gasteiger partial charge is 0.394 e. The second-order valence-corrected chi connectivity index (χ2v) is 9.43. The highest BCUT2D eigenvalue weighted by Crippen LogP contribution is 2.58. The fourth-order valence-corrected chi connectivity index (χ4v) is 5.42. The molecule has 5 rings (SSSR count). The number of hydrogen-bond acceptors (Lipinski definition) is 4. The number of aliphatic hydroxyl groups excluding tert-OH is 1. The number of fused-ring (bicyclic) bond motifs is 3. The standard InChI is InChI=1S/C24H24F2N3O3P/c1-28-12-15(11-27-28)18-9-14(22(31)29-8-4-5-16(29)13-30)10-20-21(18)17-6-2-3-7-19(17)23(20,32)24(25,26)33/h2-3,6-7,9-12,16,30,32H,4-5,8,13,33H2,1H3/t16-,23?/m1/s1. The van der Waals surface area contributed by atoms with Crippen LogP contribution in [0.25, 0.3) is 22.3 Å². The Kier molecular flexibility index (Phi) is 5.16. The Morgan fingerprint density at radius 2 is 2.03 bits per heavy atom. The number of amides is 1. The molecule has 9 heteroatoms. The number of aliphatic hydroxyl groups is 2. The van der Waals surface area contributed by atoms with Crippen LogP contribution in [0.5, 0.6) is 0 Å². The Balaban J connectivity index is 1.80. The van der Waals surface area contributed by atoms with E-state index in [1.165, 1.54) is 21.4 Å². The van der Waals surface area contributed by atoms with Crippen LogP contribution in [0.3, 0.4) is 0 Å². The Bertz CT molecular complexity index is 1260. The third-order valence-corrected chi connectivity index (χ3v) is 7.13. The minimum atomic E-state index is -3.59. The minimum Gasteiger partial charge on any atom is -0.394 e. The molecule has 0 spiro atoms. The summed E-state index contributed by atoms with van der Waals surface area (Å²) in [6, 6.07) is 9.27. The van der Waals surface area contributed by atoms with Gasteiger partial charge in [0.25, 0.3) is 11.6 Å². The summed E-state index contributed by atoms with van der Waals surface area (Å²) < 4.78 is 31.6. The first kappa shape index (κ1) is 22.1. The summed E-state index contributed by atoms with van der Waals surface area (Å²) >= 11 is 0. The molecule has 0 radical (unpaired) electrons. The lowest BCUT2D eigenvalue weighted by atomic mass is 9.88. The fourth-order valence-electron chi connectivity index (χ4n) is 5.11. The van der Waals surface area contributed by atoms with Crippen LogP contribution >= 0.6 is 9.24 Å². The highest BCUT2D eigenvalue weighted by molar-refractivity contribution is 7.18. The number of aromatic nitrogens is 2. The summed E-state index contributed by atoms with van der Waals surface area (Å²) in [5.41, 5.74) is -3.83. The van der Waals surface area contributed by atoms with Crippen molar-refractivity contribution in [3.8, 4) is 22.3 Å². The Morgan fingerprint density at radius 3 is 2.70 bits per heavy atom. The topological polar surface area (TPSA) is 78.6 Å². The molecule has 2 aromatic carbocycles. The van der Waals surface area contributed by atoms with Crippen LogP contribution in [0, 0.1) is 0 Å². The summed E-state index contributed by atoms with van der Waals surface area (Å²) in [6.45, 7) is 0.318. The van der Waals surface area contributed by atoms with E-state index in [0.29, 0.717) is 35.2 Å². The van der Waals surface area contributed by atoms with Gasteiger partial charge in [-0.25, -0.2) is 0 Å². The smallest absolute Gasteiger partial charge is 0.295 e. The molecule has 3 aromatic rings. The number of nitrogens with zero attached hydrogens (tertiary/aromatic N) is 3. The lowest BCUT2D eigenvalue weighted by Gasteiger charge is -2.32. The number of benzene rings is 2. The van der Waals surface area contributed by atoms with Crippen molar-refractivity contribution in [2.75, 3.05) is 13.2 Å². The van der Waals surface area contributed by atoms with Crippen LogP contribution in [0.1, 0.15) is 34.3 Å². The van der Waals surface area contributed by atoms with E-state index in [1.807, 2.05) is 0 Å².